The molecule has 6 nitrogen and oxygen atoms in total. The highest BCUT2D eigenvalue weighted by Gasteiger charge is 2.42. The van der Waals surface area contributed by atoms with Crippen molar-refractivity contribution < 1.29 is 18.9 Å². The SMILES string of the molecule is O=C1NC(=O)C(c2cc([N+](=O)[O-])ccc2F)C1Br. The molecule has 0 aromatic heterocycles. The fraction of sp³-hybridized carbons (Fsp3) is 0.200. The number of nitrogens with zero attached hydrogens (tertiary/aromatic N) is 1. The number of benzene rings is 1. The van der Waals surface area contributed by atoms with Crippen LogP contribution >= 0.6 is 15.9 Å². The van der Waals surface area contributed by atoms with Crippen molar-refractivity contribution in [2.75, 3.05) is 0 Å². The lowest BCUT2D eigenvalue weighted by Gasteiger charge is -2.10. The molecule has 0 radical (unpaired) electrons. The first-order chi connectivity index (χ1) is 8.41. The van der Waals surface area contributed by atoms with Gasteiger partial charge in [0.1, 0.15) is 10.6 Å². The zero-order valence-electron chi connectivity index (χ0n) is 8.72. The monoisotopic (exact) mass is 316 g/mol. The molecule has 2 amide bonds. The number of nitrogens with one attached hydrogen (secondary N) is 1. The number of nitro groups is 1. The van der Waals surface area contributed by atoms with Gasteiger partial charge in [-0.3, -0.25) is 25.0 Å². The fourth-order valence-corrected chi connectivity index (χ4v) is 2.37. The first-order valence-corrected chi connectivity index (χ1v) is 5.76. The van der Waals surface area contributed by atoms with Crippen molar-refractivity contribution in [2.45, 2.75) is 10.7 Å². The molecule has 0 spiro atoms. The second kappa shape index (κ2) is 4.45. The first-order valence-electron chi connectivity index (χ1n) is 4.84. The summed E-state index contributed by atoms with van der Waals surface area (Å²) in [7, 11) is 0. The highest BCUT2D eigenvalue weighted by molar-refractivity contribution is 9.10. The van der Waals surface area contributed by atoms with Gasteiger partial charge in [-0.15, -0.1) is 0 Å². The summed E-state index contributed by atoms with van der Waals surface area (Å²) in [6.45, 7) is 0. The summed E-state index contributed by atoms with van der Waals surface area (Å²) in [5, 5.41) is 12.6. The van der Waals surface area contributed by atoms with Crippen molar-refractivity contribution in [3.63, 3.8) is 0 Å². The molecule has 2 atom stereocenters. The predicted octanol–water partition coefficient (Wildman–Crippen LogP) is 1.24. The third-order valence-electron chi connectivity index (χ3n) is 2.60. The number of imide groups is 1. The highest BCUT2D eigenvalue weighted by Crippen LogP contribution is 2.33. The summed E-state index contributed by atoms with van der Waals surface area (Å²) in [5.74, 6) is -3.13. The van der Waals surface area contributed by atoms with Gasteiger partial charge in [-0.05, 0) is 6.07 Å². The maximum absolute atomic E-state index is 13.6. The maximum atomic E-state index is 13.6. The molecule has 94 valence electrons. The molecule has 2 unspecified atom stereocenters. The molecule has 1 aliphatic rings. The second-order valence-electron chi connectivity index (χ2n) is 3.70. The number of nitro benzene ring substituents is 1. The van der Waals surface area contributed by atoms with E-state index in [2.05, 4.69) is 15.9 Å². The molecule has 8 heteroatoms. The molecule has 0 aliphatic carbocycles. The van der Waals surface area contributed by atoms with E-state index in [1.807, 2.05) is 5.32 Å². The molecule has 1 aliphatic heterocycles. The smallest absolute Gasteiger partial charge is 0.269 e. The van der Waals surface area contributed by atoms with E-state index in [1.54, 1.807) is 0 Å². The van der Waals surface area contributed by atoms with Crippen LogP contribution in [0, 0.1) is 15.9 Å². The summed E-state index contributed by atoms with van der Waals surface area (Å²) in [6.07, 6.45) is 0. The van der Waals surface area contributed by atoms with E-state index in [1.165, 1.54) is 0 Å². The molecule has 0 bridgehead atoms. The van der Waals surface area contributed by atoms with Crippen LogP contribution in [-0.4, -0.2) is 21.6 Å². The number of rotatable bonds is 2. The van der Waals surface area contributed by atoms with Gasteiger partial charge >= 0.3 is 0 Å². The first kappa shape index (κ1) is 12.6. The van der Waals surface area contributed by atoms with E-state index in [0.717, 1.165) is 18.2 Å². The standard InChI is InChI=1S/C10H6BrFN2O4/c11-8-7(9(15)13-10(8)16)5-3-4(14(17)18)1-2-6(5)12/h1-3,7-8H,(H,13,15,16). The van der Waals surface area contributed by atoms with Crippen molar-refractivity contribution in [2.24, 2.45) is 0 Å². The molecule has 1 aromatic rings. The van der Waals surface area contributed by atoms with Crippen molar-refractivity contribution in [3.05, 3.63) is 39.7 Å². The van der Waals surface area contributed by atoms with Crippen LogP contribution in [0.4, 0.5) is 10.1 Å². The predicted molar refractivity (Wildman–Crippen MR) is 61.7 cm³/mol. The summed E-state index contributed by atoms with van der Waals surface area (Å²) < 4.78 is 13.6. The van der Waals surface area contributed by atoms with E-state index in [4.69, 9.17) is 0 Å². The minimum Gasteiger partial charge on any atom is -0.295 e. The van der Waals surface area contributed by atoms with Crippen LogP contribution in [0.25, 0.3) is 0 Å². The van der Waals surface area contributed by atoms with Crippen LogP contribution in [0.5, 0.6) is 0 Å². The Morgan fingerprint density at radius 2 is 2.00 bits per heavy atom. The average molecular weight is 317 g/mol. The van der Waals surface area contributed by atoms with E-state index in [0.29, 0.717) is 0 Å². The number of halogens is 2. The van der Waals surface area contributed by atoms with Crippen molar-refractivity contribution in [1.29, 1.82) is 0 Å². The van der Waals surface area contributed by atoms with Gasteiger partial charge in [0.2, 0.25) is 11.8 Å². The van der Waals surface area contributed by atoms with Gasteiger partial charge in [-0.2, -0.15) is 0 Å². The van der Waals surface area contributed by atoms with Gasteiger partial charge in [0.05, 0.1) is 10.8 Å². The Morgan fingerprint density at radius 1 is 1.33 bits per heavy atom. The van der Waals surface area contributed by atoms with Crippen LogP contribution in [0.1, 0.15) is 11.5 Å². The van der Waals surface area contributed by atoms with Crippen molar-refractivity contribution in [3.8, 4) is 0 Å². The maximum Gasteiger partial charge on any atom is 0.269 e. The molecule has 1 saturated heterocycles. The van der Waals surface area contributed by atoms with E-state index in [-0.39, 0.29) is 11.3 Å². The third kappa shape index (κ3) is 1.99. The minimum absolute atomic E-state index is 0.172. The third-order valence-corrected chi connectivity index (χ3v) is 3.54. The van der Waals surface area contributed by atoms with Gasteiger partial charge in [-0.25, -0.2) is 4.39 Å². The van der Waals surface area contributed by atoms with Gasteiger partial charge < -0.3 is 0 Å². The molecule has 1 N–H and O–H groups in total. The molecule has 1 aromatic carbocycles. The van der Waals surface area contributed by atoms with Crippen LogP contribution in [0.3, 0.4) is 0 Å². The van der Waals surface area contributed by atoms with Gasteiger partial charge in [0, 0.05) is 17.7 Å². The van der Waals surface area contributed by atoms with E-state index in [9.17, 15) is 24.1 Å². The topological polar surface area (TPSA) is 89.3 Å². The number of carbonyl (C=O) groups excluding carboxylic acids is 2. The Labute approximate surface area is 108 Å². The lowest BCUT2D eigenvalue weighted by Crippen LogP contribution is -2.22. The number of amides is 2. The number of hydrogen-bond acceptors (Lipinski definition) is 4. The lowest BCUT2D eigenvalue weighted by atomic mass is 9.96. The quantitative estimate of drug-likeness (QED) is 0.385. The van der Waals surface area contributed by atoms with Crippen LogP contribution in [0.2, 0.25) is 0 Å². The number of hydrogen-bond donors (Lipinski definition) is 1. The Kier molecular flexibility index (Phi) is 3.12. The second-order valence-corrected chi connectivity index (χ2v) is 4.68. The lowest BCUT2D eigenvalue weighted by molar-refractivity contribution is -0.385. The molecule has 1 heterocycles. The largest absolute Gasteiger partial charge is 0.295 e. The zero-order chi connectivity index (χ0) is 13.4. The Bertz CT molecular complexity index is 563. The number of non-ortho nitro benzene ring substituents is 1. The number of alkyl halides is 1. The van der Waals surface area contributed by atoms with Crippen molar-refractivity contribution in [1.82, 2.24) is 5.32 Å². The molecule has 0 saturated carbocycles. The van der Waals surface area contributed by atoms with Crippen LogP contribution in [0.15, 0.2) is 18.2 Å². The van der Waals surface area contributed by atoms with E-state index >= 15 is 0 Å². The Balaban J connectivity index is 2.50. The van der Waals surface area contributed by atoms with Crippen LogP contribution in [-0.2, 0) is 9.59 Å². The average Bonchev–Trinajstić information content (AvgIpc) is 2.54. The molecule has 2 rings (SSSR count). The number of carbonyl (C=O) groups is 2. The summed E-state index contributed by atoms with van der Waals surface area (Å²) in [4.78, 5) is 31.8. The Morgan fingerprint density at radius 3 is 2.50 bits per heavy atom. The zero-order valence-corrected chi connectivity index (χ0v) is 10.3. The van der Waals surface area contributed by atoms with Gasteiger partial charge in [0.25, 0.3) is 5.69 Å². The molecule has 1 fully saturated rings. The Hall–Kier alpha value is -1.83. The normalized spacial score (nSPS) is 23.0. The molecular formula is C10H6BrFN2O4. The molecule has 18 heavy (non-hydrogen) atoms. The summed E-state index contributed by atoms with van der Waals surface area (Å²) >= 11 is 2.97. The molecular weight excluding hydrogens is 311 g/mol. The van der Waals surface area contributed by atoms with E-state index < -0.39 is 33.3 Å². The van der Waals surface area contributed by atoms with Gasteiger partial charge in [-0.1, -0.05) is 15.9 Å². The van der Waals surface area contributed by atoms with Gasteiger partial charge in [0.15, 0.2) is 0 Å². The highest BCUT2D eigenvalue weighted by atomic mass is 79.9. The summed E-state index contributed by atoms with van der Waals surface area (Å²) in [6, 6.07) is 2.87. The van der Waals surface area contributed by atoms with Crippen molar-refractivity contribution >= 4 is 33.4 Å². The fourth-order valence-electron chi connectivity index (χ4n) is 1.73. The van der Waals surface area contributed by atoms with Crippen LogP contribution < -0.4 is 5.32 Å². The minimum atomic E-state index is -1.10. The summed E-state index contributed by atoms with van der Waals surface area (Å²) in [5.41, 5.74) is -0.507.